The first-order valence-electron chi connectivity index (χ1n) is 6.40. The van der Waals surface area contributed by atoms with Crippen LogP contribution in [0, 0.1) is 6.92 Å². The van der Waals surface area contributed by atoms with Gasteiger partial charge in [0.2, 0.25) is 0 Å². The third kappa shape index (κ3) is 3.37. The summed E-state index contributed by atoms with van der Waals surface area (Å²) < 4.78 is 6.00. The lowest BCUT2D eigenvalue weighted by Crippen LogP contribution is -2.49. The van der Waals surface area contributed by atoms with Gasteiger partial charge in [0.1, 0.15) is 5.82 Å². The molecule has 1 saturated heterocycles. The van der Waals surface area contributed by atoms with Gasteiger partial charge < -0.3 is 14.5 Å². The Morgan fingerprint density at radius 3 is 2.68 bits per heavy atom. The molecule has 0 saturated carbocycles. The van der Waals surface area contributed by atoms with Crippen LogP contribution < -0.4 is 4.90 Å². The van der Waals surface area contributed by atoms with Gasteiger partial charge in [-0.05, 0) is 41.4 Å². The maximum Gasteiger partial charge on any atom is 0.409 e. The number of hydrogen-bond donors (Lipinski definition) is 0. The molecule has 1 fully saturated rings. The number of pyridine rings is 1. The number of carbonyl (C=O) groups excluding carboxylic acids is 1. The van der Waals surface area contributed by atoms with E-state index in [0.29, 0.717) is 19.7 Å². The zero-order valence-electron chi connectivity index (χ0n) is 11.2. The van der Waals surface area contributed by atoms with Gasteiger partial charge in [0.15, 0.2) is 0 Å². The molecule has 104 valence electrons. The van der Waals surface area contributed by atoms with E-state index in [4.69, 9.17) is 4.74 Å². The summed E-state index contributed by atoms with van der Waals surface area (Å²) in [6.45, 7) is 7.13. The van der Waals surface area contributed by atoms with E-state index in [1.165, 1.54) is 0 Å². The van der Waals surface area contributed by atoms with Crippen molar-refractivity contribution in [1.82, 2.24) is 9.88 Å². The number of nitrogens with zero attached hydrogens (tertiary/aromatic N) is 3. The van der Waals surface area contributed by atoms with Crippen LogP contribution in [0.25, 0.3) is 0 Å². The molecule has 0 aliphatic carbocycles. The van der Waals surface area contributed by atoms with Crippen molar-refractivity contribution in [3.63, 3.8) is 0 Å². The van der Waals surface area contributed by atoms with Crippen molar-refractivity contribution in [3.8, 4) is 0 Å². The number of carbonyl (C=O) groups is 1. The predicted molar refractivity (Wildman–Crippen MR) is 77.5 cm³/mol. The van der Waals surface area contributed by atoms with E-state index in [9.17, 15) is 4.79 Å². The molecule has 1 aliphatic rings. The highest BCUT2D eigenvalue weighted by molar-refractivity contribution is 9.10. The lowest BCUT2D eigenvalue weighted by atomic mass is 10.3. The van der Waals surface area contributed by atoms with E-state index < -0.39 is 0 Å². The molecule has 1 aliphatic heterocycles. The number of aryl methyl sites for hydroxylation is 1. The fourth-order valence-corrected chi connectivity index (χ4v) is 2.79. The number of hydrogen-bond acceptors (Lipinski definition) is 4. The van der Waals surface area contributed by atoms with E-state index in [1.54, 1.807) is 4.90 Å². The number of anilines is 1. The van der Waals surface area contributed by atoms with Gasteiger partial charge in [0.05, 0.1) is 11.1 Å². The van der Waals surface area contributed by atoms with Crippen molar-refractivity contribution in [2.24, 2.45) is 0 Å². The van der Waals surface area contributed by atoms with Crippen LogP contribution in [0.15, 0.2) is 16.7 Å². The second kappa shape index (κ2) is 6.23. The molecule has 0 bridgehead atoms. The summed E-state index contributed by atoms with van der Waals surface area (Å²) in [6, 6.07) is 2.06. The predicted octanol–water partition coefficient (Wildman–Crippen LogP) is 2.43. The lowest BCUT2D eigenvalue weighted by Gasteiger charge is -2.35. The minimum atomic E-state index is -0.224. The summed E-state index contributed by atoms with van der Waals surface area (Å²) >= 11 is 3.54. The average molecular weight is 328 g/mol. The van der Waals surface area contributed by atoms with E-state index in [2.05, 4.69) is 31.9 Å². The molecule has 1 aromatic rings. The first kappa shape index (κ1) is 14.1. The average Bonchev–Trinajstić information content (AvgIpc) is 2.39. The topological polar surface area (TPSA) is 45.7 Å². The number of piperazine rings is 1. The van der Waals surface area contributed by atoms with Gasteiger partial charge in [-0.3, -0.25) is 0 Å². The molecule has 2 heterocycles. The van der Waals surface area contributed by atoms with E-state index >= 15 is 0 Å². The minimum absolute atomic E-state index is 0.224. The second-order valence-corrected chi connectivity index (χ2v) is 5.35. The highest BCUT2D eigenvalue weighted by Gasteiger charge is 2.23. The number of ether oxygens (including phenoxy) is 1. The van der Waals surface area contributed by atoms with Gasteiger partial charge in [-0.15, -0.1) is 0 Å². The minimum Gasteiger partial charge on any atom is -0.450 e. The van der Waals surface area contributed by atoms with Crippen molar-refractivity contribution in [2.45, 2.75) is 13.8 Å². The fraction of sp³-hybridized carbons (Fsp3) is 0.538. The molecular formula is C13H18BrN3O2. The summed E-state index contributed by atoms with van der Waals surface area (Å²) in [5.41, 5.74) is 1.13. The SMILES string of the molecule is CCOC(=O)N1CCN(c2ncc(C)cc2Br)CC1. The molecule has 1 aromatic heterocycles. The molecule has 1 amide bonds. The first-order chi connectivity index (χ1) is 9.11. The molecule has 0 aromatic carbocycles. The van der Waals surface area contributed by atoms with E-state index in [0.717, 1.165) is 28.9 Å². The van der Waals surface area contributed by atoms with Gasteiger partial charge in [-0.2, -0.15) is 0 Å². The largest absolute Gasteiger partial charge is 0.450 e. The van der Waals surface area contributed by atoms with E-state index in [1.807, 2.05) is 20.0 Å². The van der Waals surface area contributed by atoms with Crippen LogP contribution in [0.2, 0.25) is 0 Å². The van der Waals surface area contributed by atoms with Crippen molar-refractivity contribution in [1.29, 1.82) is 0 Å². The molecule has 6 heteroatoms. The third-order valence-electron chi connectivity index (χ3n) is 3.06. The van der Waals surface area contributed by atoms with Gasteiger partial charge in [0, 0.05) is 32.4 Å². The summed E-state index contributed by atoms with van der Waals surface area (Å²) in [4.78, 5) is 20.0. The van der Waals surface area contributed by atoms with Crippen LogP contribution in [0.5, 0.6) is 0 Å². The first-order valence-corrected chi connectivity index (χ1v) is 7.20. The van der Waals surface area contributed by atoms with Gasteiger partial charge in [0.25, 0.3) is 0 Å². The van der Waals surface area contributed by atoms with Crippen LogP contribution in [-0.2, 0) is 4.74 Å². The molecule has 0 atom stereocenters. The Labute approximate surface area is 121 Å². The summed E-state index contributed by atoms with van der Waals surface area (Å²) in [5.74, 6) is 0.939. The molecule has 0 radical (unpaired) electrons. The third-order valence-corrected chi connectivity index (χ3v) is 3.65. The Bertz CT molecular complexity index is 459. The molecule has 5 nitrogen and oxygen atoms in total. The lowest BCUT2D eigenvalue weighted by molar-refractivity contribution is 0.105. The van der Waals surface area contributed by atoms with Crippen molar-refractivity contribution in [2.75, 3.05) is 37.7 Å². The summed E-state index contributed by atoms with van der Waals surface area (Å²) in [6.07, 6.45) is 1.63. The van der Waals surface area contributed by atoms with E-state index in [-0.39, 0.29) is 6.09 Å². The quantitative estimate of drug-likeness (QED) is 0.836. The molecule has 2 rings (SSSR count). The van der Waals surface area contributed by atoms with Gasteiger partial charge in [-0.25, -0.2) is 9.78 Å². The Morgan fingerprint density at radius 2 is 2.11 bits per heavy atom. The highest BCUT2D eigenvalue weighted by atomic mass is 79.9. The Hall–Kier alpha value is -1.30. The van der Waals surface area contributed by atoms with Crippen LogP contribution in [0.3, 0.4) is 0 Å². The van der Waals surface area contributed by atoms with Crippen LogP contribution in [0.4, 0.5) is 10.6 Å². The van der Waals surface area contributed by atoms with Gasteiger partial charge >= 0.3 is 6.09 Å². The van der Waals surface area contributed by atoms with Crippen molar-refractivity contribution < 1.29 is 9.53 Å². The van der Waals surface area contributed by atoms with Crippen LogP contribution >= 0.6 is 15.9 Å². The smallest absolute Gasteiger partial charge is 0.409 e. The Morgan fingerprint density at radius 1 is 1.42 bits per heavy atom. The molecule has 19 heavy (non-hydrogen) atoms. The zero-order chi connectivity index (χ0) is 13.8. The van der Waals surface area contributed by atoms with Gasteiger partial charge in [-0.1, -0.05) is 0 Å². The Kier molecular flexibility index (Phi) is 4.63. The number of amides is 1. The number of aromatic nitrogens is 1. The van der Waals surface area contributed by atoms with Crippen molar-refractivity contribution >= 4 is 27.8 Å². The van der Waals surface area contributed by atoms with Crippen molar-refractivity contribution in [3.05, 3.63) is 22.3 Å². The summed E-state index contributed by atoms with van der Waals surface area (Å²) in [5, 5.41) is 0. The maximum atomic E-state index is 11.6. The maximum absolute atomic E-state index is 11.6. The molecule has 0 unspecified atom stereocenters. The second-order valence-electron chi connectivity index (χ2n) is 4.49. The normalized spacial score (nSPS) is 15.5. The highest BCUT2D eigenvalue weighted by Crippen LogP contribution is 2.25. The van der Waals surface area contributed by atoms with Crippen LogP contribution in [-0.4, -0.2) is 48.8 Å². The Balaban J connectivity index is 1.98. The fourth-order valence-electron chi connectivity index (χ4n) is 2.07. The van der Waals surface area contributed by atoms with Crippen LogP contribution in [0.1, 0.15) is 12.5 Å². The zero-order valence-corrected chi connectivity index (χ0v) is 12.8. The summed E-state index contributed by atoms with van der Waals surface area (Å²) in [7, 11) is 0. The molecule has 0 spiro atoms. The molecule has 0 N–H and O–H groups in total. The number of halogens is 1. The monoisotopic (exact) mass is 327 g/mol. The standard InChI is InChI=1S/C13H18BrN3O2/c1-3-19-13(18)17-6-4-16(5-7-17)12-11(14)8-10(2)9-15-12/h8-9H,3-7H2,1-2H3. The number of rotatable bonds is 2. The molecular weight excluding hydrogens is 310 g/mol.